The number of carbonyl (C=O) groups excluding carboxylic acids is 1. The number of amides is 1. The Balaban J connectivity index is 2.14. The second-order valence-electron chi connectivity index (χ2n) is 5.11. The van der Waals surface area contributed by atoms with Gasteiger partial charge in [-0.25, -0.2) is 0 Å². The van der Waals surface area contributed by atoms with Gasteiger partial charge in [0.15, 0.2) is 5.16 Å². The molecule has 1 heterocycles. The molecular weight excluding hydrogens is 344 g/mol. The molecule has 1 unspecified atom stereocenters. The van der Waals surface area contributed by atoms with Crippen LogP contribution in [0.3, 0.4) is 0 Å². The minimum absolute atomic E-state index is 0.223. The van der Waals surface area contributed by atoms with Crippen molar-refractivity contribution in [2.45, 2.75) is 30.7 Å². The van der Waals surface area contributed by atoms with Crippen molar-refractivity contribution in [3.63, 3.8) is 0 Å². The van der Waals surface area contributed by atoms with Crippen molar-refractivity contribution < 1.29 is 14.3 Å². The van der Waals surface area contributed by atoms with E-state index in [-0.39, 0.29) is 17.2 Å². The molecule has 0 bridgehead atoms. The Kier molecular flexibility index (Phi) is 6.40. The van der Waals surface area contributed by atoms with E-state index in [2.05, 4.69) is 20.5 Å². The van der Waals surface area contributed by atoms with Crippen molar-refractivity contribution >= 4 is 23.4 Å². The van der Waals surface area contributed by atoms with E-state index < -0.39 is 5.25 Å². The lowest BCUT2D eigenvalue weighted by atomic mass is 10.2. The molecule has 0 aliphatic rings. The molecule has 0 saturated carbocycles. The van der Waals surface area contributed by atoms with E-state index >= 15 is 0 Å². The van der Waals surface area contributed by atoms with Crippen LogP contribution in [0.4, 0.5) is 5.69 Å². The van der Waals surface area contributed by atoms with Gasteiger partial charge in [0, 0.05) is 6.07 Å². The van der Waals surface area contributed by atoms with E-state index in [0.717, 1.165) is 11.8 Å². The van der Waals surface area contributed by atoms with Crippen LogP contribution >= 0.6 is 11.8 Å². The molecule has 134 valence electrons. The Morgan fingerprint density at radius 1 is 1.32 bits per heavy atom. The summed E-state index contributed by atoms with van der Waals surface area (Å²) < 4.78 is 10.4. The monoisotopic (exact) mass is 364 g/mol. The molecule has 0 radical (unpaired) electrons. The largest absolute Gasteiger partial charge is 0.497 e. The molecule has 0 aliphatic heterocycles. The molecule has 9 heteroatoms. The predicted molar refractivity (Wildman–Crippen MR) is 95.5 cm³/mol. The summed E-state index contributed by atoms with van der Waals surface area (Å²) in [6.45, 7) is 3.45. The van der Waals surface area contributed by atoms with Crippen LogP contribution in [0.2, 0.25) is 0 Å². The molecule has 2 N–H and O–H groups in total. The van der Waals surface area contributed by atoms with Crippen LogP contribution in [0, 0.1) is 6.92 Å². The van der Waals surface area contributed by atoms with Crippen LogP contribution in [0.1, 0.15) is 19.0 Å². The quantitative estimate of drug-likeness (QED) is 0.724. The van der Waals surface area contributed by atoms with E-state index in [1.807, 2.05) is 6.92 Å². The van der Waals surface area contributed by atoms with Crippen LogP contribution in [0.15, 0.2) is 28.2 Å². The lowest BCUT2D eigenvalue weighted by Gasteiger charge is -2.16. The van der Waals surface area contributed by atoms with Crippen LogP contribution in [0.5, 0.6) is 11.5 Å². The minimum atomic E-state index is -0.445. The maximum Gasteiger partial charge on any atom is 0.273 e. The van der Waals surface area contributed by atoms with Crippen LogP contribution < -0.4 is 20.3 Å². The third-order valence-corrected chi connectivity index (χ3v) is 4.66. The predicted octanol–water partition coefficient (Wildman–Crippen LogP) is 2.00. The highest BCUT2D eigenvalue weighted by molar-refractivity contribution is 8.00. The van der Waals surface area contributed by atoms with Crippen LogP contribution in [-0.4, -0.2) is 40.6 Å². The fourth-order valence-corrected chi connectivity index (χ4v) is 2.85. The molecule has 0 saturated heterocycles. The standard InChI is InChI=1S/C16H20N4O4S/c1-5-13(25-16-18-14(21)9(2)19-20-16)15(22)17-11-7-6-10(23-3)8-12(11)24-4/h6-8,13H,5H2,1-4H3,(H,17,22)(H,18,20,21). The first-order valence-electron chi connectivity index (χ1n) is 7.61. The first-order valence-corrected chi connectivity index (χ1v) is 8.49. The van der Waals surface area contributed by atoms with E-state index in [4.69, 9.17) is 9.47 Å². The Hall–Kier alpha value is -2.55. The third kappa shape index (κ3) is 4.72. The normalized spacial score (nSPS) is 11.7. The van der Waals surface area contributed by atoms with E-state index in [1.165, 1.54) is 7.11 Å². The van der Waals surface area contributed by atoms with Gasteiger partial charge in [-0.05, 0) is 25.5 Å². The van der Waals surface area contributed by atoms with Crippen LogP contribution in [0.25, 0.3) is 0 Å². The number of hydrogen-bond donors (Lipinski definition) is 2. The number of aromatic amines is 1. The van der Waals surface area contributed by atoms with Gasteiger partial charge in [0.05, 0.1) is 25.2 Å². The van der Waals surface area contributed by atoms with Gasteiger partial charge in [-0.15, -0.1) is 10.2 Å². The molecule has 0 aliphatic carbocycles. The molecule has 2 rings (SSSR count). The summed E-state index contributed by atoms with van der Waals surface area (Å²) in [7, 11) is 3.07. The van der Waals surface area contributed by atoms with Gasteiger partial charge in [0.1, 0.15) is 17.2 Å². The third-order valence-electron chi connectivity index (χ3n) is 3.42. The number of nitrogens with zero attached hydrogens (tertiary/aromatic N) is 2. The number of anilines is 1. The van der Waals surface area contributed by atoms with Crippen molar-refractivity contribution in [1.82, 2.24) is 15.2 Å². The number of rotatable bonds is 7. The van der Waals surface area contributed by atoms with Crippen molar-refractivity contribution in [1.29, 1.82) is 0 Å². The highest BCUT2D eigenvalue weighted by atomic mass is 32.2. The maximum absolute atomic E-state index is 12.6. The Labute approximate surface area is 149 Å². The second-order valence-corrected chi connectivity index (χ2v) is 6.31. The zero-order valence-corrected chi connectivity index (χ0v) is 15.3. The summed E-state index contributed by atoms with van der Waals surface area (Å²) in [5.74, 6) is 0.902. The Bertz CT molecular complexity index is 809. The average molecular weight is 364 g/mol. The highest BCUT2D eigenvalue weighted by Crippen LogP contribution is 2.30. The molecule has 8 nitrogen and oxygen atoms in total. The molecule has 1 aromatic heterocycles. The van der Waals surface area contributed by atoms with Crippen molar-refractivity contribution in [2.24, 2.45) is 0 Å². The molecule has 1 aromatic carbocycles. The lowest BCUT2D eigenvalue weighted by Crippen LogP contribution is -2.26. The van der Waals surface area contributed by atoms with Gasteiger partial charge in [0.2, 0.25) is 5.91 Å². The minimum Gasteiger partial charge on any atom is -0.497 e. The first-order chi connectivity index (χ1) is 12.0. The van der Waals surface area contributed by atoms with Crippen molar-refractivity contribution in [2.75, 3.05) is 19.5 Å². The smallest absolute Gasteiger partial charge is 0.273 e. The van der Waals surface area contributed by atoms with E-state index in [0.29, 0.717) is 28.8 Å². The Morgan fingerprint density at radius 3 is 2.68 bits per heavy atom. The maximum atomic E-state index is 12.6. The van der Waals surface area contributed by atoms with Crippen molar-refractivity contribution in [3.8, 4) is 11.5 Å². The number of carbonyl (C=O) groups is 1. The number of methoxy groups -OCH3 is 2. The van der Waals surface area contributed by atoms with Gasteiger partial charge in [-0.3, -0.25) is 14.6 Å². The summed E-state index contributed by atoms with van der Waals surface area (Å²) in [4.78, 5) is 26.8. The summed E-state index contributed by atoms with van der Waals surface area (Å²) in [5.41, 5.74) is 0.505. The number of benzene rings is 1. The molecule has 2 aromatic rings. The topological polar surface area (TPSA) is 106 Å². The average Bonchev–Trinajstić information content (AvgIpc) is 2.62. The van der Waals surface area contributed by atoms with E-state index in [1.54, 1.807) is 32.2 Å². The number of H-pyrrole nitrogens is 1. The van der Waals surface area contributed by atoms with Gasteiger partial charge < -0.3 is 14.8 Å². The Morgan fingerprint density at radius 2 is 2.08 bits per heavy atom. The fourth-order valence-electron chi connectivity index (χ4n) is 2.00. The molecular formula is C16H20N4O4S. The molecule has 25 heavy (non-hydrogen) atoms. The van der Waals surface area contributed by atoms with Gasteiger partial charge in [-0.1, -0.05) is 18.7 Å². The second kappa shape index (κ2) is 8.52. The number of hydrogen-bond acceptors (Lipinski definition) is 7. The van der Waals surface area contributed by atoms with Crippen molar-refractivity contribution in [3.05, 3.63) is 34.2 Å². The summed E-state index contributed by atoms with van der Waals surface area (Å²) in [6.07, 6.45) is 0.548. The molecule has 1 amide bonds. The summed E-state index contributed by atoms with van der Waals surface area (Å²) in [5, 5.41) is 10.4. The van der Waals surface area contributed by atoms with Gasteiger partial charge in [-0.2, -0.15) is 0 Å². The number of thioether (sulfide) groups is 1. The van der Waals surface area contributed by atoms with Crippen LogP contribution in [-0.2, 0) is 4.79 Å². The molecule has 0 spiro atoms. The van der Waals surface area contributed by atoms with E-state index in [9.17, 15) is 9.59 Å². The highest BCUT2D eigenvalue weighted by Gasteiger charge is 2.21. The number of ether oxygens (including phenoxy) is 2. The first kappa shape index (κ1) is 18.8. The number of nitrogens with one attached hydrogen (secondary N) is 2. The number of aryl methyl sites for hydroxylation is 1. The number of aromatic nitrogens is 3. The zero-order chi connectivity index (χ0) is 18.4. The zero-order valence-electron chi connectivity index (χ0n) is 14.5. The SMILES string of the molecule is CCC(Sc1nnc(C)c(=O)[nH]1)C(=O)Nc1ccc(OC)cc1OC. The summed E-state index contributed by atoms with van der Waals surface area (Å²) in [6, 6.07) is 5.13. The lowest BCUT2D eigenvalue weighted by molar-refractivity contribution is -0.115. The molecule has 1 atom stereocenters. The van der Waals surface area contributed by atoms with Gasteiger partial charge >= 0.3 is 0 Å². The molecule has 0 fully saturated rings. The fraction of sp³-hybridized carbons (Fsp3) is 0.375. The van der Waals surface area contributed by atoms with Gasteiger partial charge in [0.25, 0.3) is 5.56 Å². The summed E-state index contributed by atoms with van der Waals surface area (Å²) >= 11 is 1.15.